The first kappa shape index (κ1) is 11.8. The predicted molar refractivity (Wildman–Crippen MR) is 66.1 cm³/mol. The molecule has 90 valence electrons. The average Bonchev–Trinajstić information content (AvgIpc) is 2.69. The topological polar surface area (TPSA) is 40.7 Å². The fraction of sp³-hybridized carbons (Fsp3) is 0.308. The van der Waals surface area contributed by atoms with Gasteiger partial charge in [-0.1, -0.05) is 19.1 Å². The summed E-state index contributed by atoms with van der Waals surface area (Å²) in [5.41, 5.74) is 3.24. The highest BCUT2D eigenvalue weighted by molar-refractivity contribution is 5.64. The Labute approximate surface area is 100 Å². The number of hydrogen-bond acceptors (Lipinski definition) is 2. The van der Waals surface area contributed by atoms with E-state index in [2.05, 4.69) is 15.5 Å². The molecular formula is C13H16FN3. The summed E-state index contributed by atoms with van der Waals surface area (Å²) in [6.45, 7) is 5.56. The predicted octanol–water partition coefficient (Wildman–Crippen LogP) is 2.63. The lowest BCUT2D eigenvalue weighted by atomic mass is 10.1. The third-order valence-electron chi connectivity index (χ3n) is 2.75. The number of benzene rings is 1. The highest BCUT2D eigenvalue weighted by atomic mass is 19.1. The zero-order valence-electron chi connectivity index (χ0n) is 10.0. The Kier molecular flexibility index (Phi) is 3.54. The molecule has 2 N–H and O–H groups in total. The van der Waals surface area contributed by atoms with Crippen molar-refractivity contribution < 1.29 is 4.39 Å². The molecule has 0 aliphatic carbocycles. The molecule has 0 saturated heterocycles. The molecule has 0 fully saturated rings. The van der Waals surface area contributed by atoms with Gasteiger partial charge in [-0.15, -0.1) is 0 Å². The lowest BCUT2D eigenvalue weighted by molar-refractivity contribution is 0.630. The lowest BCUT2D eigenvalue weighted by Gasteiger charge is -2.05. The molecule has 0 bridgehead atoms. The van der Waals surface area contributed by atoms with Crippen LogP contribution in [0.4, 0.5) is 4.39 Å². The molecular weight excluding hydrogens is 217 g/mol. The molecule has 0 saturated carbocycles. The summed E-state index contributed by atoms with van der Waals surface area (Å²) in [5.74, 6) is -0.239. The summed E-state index contributed by atoms with van der Waals surface area (Å²) in [6, 6.07) is 6.71. The van der Waals surface area contributed by atoms with Crippen molar-refractivity contribution in [3.63, 3.8) is 0 Å². The highest BCUT2D eigenvalue weighted by Gasteiger charge is 2.14. The van der Waals surface area contributed by atoms with Crippen LogP contribution in [0.5, 0.6) is 0 Å². The number of aromatic amines is 1. The summed E-state index contributed by atoms with van der Waals surface area (Å²) < 4.78 is 13.7. The van der Waals surface area contributed by atoms with Gasteiger partial charge in [-0.25, -0.2) is 4.39 Å². The third-order valence-corrected chi connectivity index (χ3v) is 2.75. The third kappa shape index (κ3) is 2.36. The molecule has 0 radical (unpaired) electrons. The van der Waals surface area contributed by atoms with Crippen LogP contribution in [0.2, 0.25) is 0 Å². The number of aromatic nitrogens is 2. The van der Waals surface area contributed by atoms with E-state index in [1.807, 2.05) is 19.9 Å². The number of halogens is 1. The van der Waals surface area contributed by atoms with Gasteiger partial charge in [-0.2, -0.15) is 5.10 Å². The van der Waals surface area contributed by atoms with E-state index in [1.54, 1.807) is 12.1 Å². The van der Waals surface area contributed by atoms with Gasteiger partial charge in [-0.3, -0.25) is 5.10 Å². The Bertz CT molecular complexity index is 505. The number of nitrogens with one attached hydrogen (secondary N) is 2. The lowest BCUT2D eigenvalue weighted by Crippen LogP contribution is -2.12. The molecule has 0 aliphatic heterocycles. The zero-order chi connectivity index (χ0) is 12.3. The van der Waals surface area contributed by atoms with Crippen molar-refractivity contribution in [3.8, 4) is 11.3 Å². The first-order valence-corrected chi connectivity index (χ1v) is 5.73. The van der Waals surface area contributed by atoms with E-state index in [-0.39, 0.29) is 5.82 Å². The summed E-state index contributed by atoms with van der Waals surface area (Å²) in [6.07, 6.45) is 0. The largest absolute Gasteiger partial charge is 0.313 e. The average molecular weight is 233 g/mol. The summed E-state index contributed by atoms with van der Waals surface area (Å²) in [7, 11) is 0. The SMILES string of the molecule is CCNCc1c(-c2ccccc2F)n[nH]c1C. The van der Waals surface area contributed by atoms with Crippen molar-refractivity contribution in [1.29, 1.82) is 0 Å². The standard InChI is InChI=1S/C13H16FN3/c1-3-15-8-11-9(2)16-17-13(11)10-6-4-5-7-12(10)14/h4-7,15H,3,8H2,1-2H3,(H,16,17). The number of aryl methyl sites for hydroxylation is 1. The monoisotopic (exact) mass is 233 g/mol. The fourth-order valence-corrected chi connectivity index (χ4v) is 1.79. The maximum absolute atomic E-state index is 13.7. The van der Waals surface area contributed by atoms with Gasteiger partial charge < -0.3 is 5.32 Å². The van der Waals surface area contributed by atoms with Gasteiger partial charge in [0.15, 0.2) is 0 Å². The minimum absolute atomic E-state index is 0.239. The number of hydrogen-bond donors (Lipinski definition) is 2. The van der Waals surface area contributed by atoms with E-state index in [4.69, 9.17) is 0 Å². The molecule has 0 unspecified atom stereocenters. The van der Waals surface area contributed by atoms with E-state index in [0.717, 1.165) is 17.8 Å². The second-order valence-electron chi connectivity index (χ2n) is 3.94. The van der Waals surface area contributed by atoms with Crippen molar-refractivity contribution in [1.82, 2.24) is 15.5 Å². The number of H-pyrrole nitrogens is 1. The maximum Gasteiger partial charge on any atom is 0.132 e. The molecule has 0 atom stereocenters. The highest BCUT2D eigenvalue weighted by Crippen LogP contribution is 2.25. The Balaban J connectivity index is 2.42. The molecule has 0 aliphatic rings. The smallest absolute Gasteiger partial charge is 0.132 e. The van der Waals surface area contributed by atoms with E-state index < -0.39 is 0 Å². The Morgan fingerprint density at radius 3 is 2.82 bits per heavy atom. The minimum atomic E-state index is -0.239. The second kappa shape index (κ2) is 5.10. The molecule has 3 nitrogen and oxygen atoms in total. The Hall–Kier alpha value is -1.68. The van der Waals surface area contributed by atoms with Crippen molar-refractivity contribution in [2.45, 2.75) is 20.4 Å². The van der Waals surface area contributed by atoms with Crippen molar-refractivity contribution in [2.24, 2.45) is 0 Å². The fourth-order valence-electron chi connectivity index (χ4n) is 1.79. The Morgan fingerprint density at radius 2 is 2.12 bits per heavy atom. The second-order valence-corrected chi connectivity index (χ2v) is 3.94. The van der Waals surface area contributed by atoms with Crippen molar-refractivity contribution in [3.05, 3.63) is 41.3 Å². The van der Waals surface area contributed by atoms with Crippen LogP contribution in [-0.2, 0) is 6.54 Å². The molecule has 17 heavy (non-hydrogen) atoms. The van der Waals surface area contributed by atoms with Gasteiger partial charge in [0, 0.05) is 23.4 Å². The van der Waals surface area contributed by atoms with Crippen LogP contribution in [-0.4, -0.2) is 16.7 Å². The van der Waals surface area contributed by atoms with E-state index in [9.17, 15) is 4.39 Å². The van der Waals surface area contributed by atoms with Gasteiger partial charge in [0.25, 0.3) is 0 Å². The van der Waals surface area contributed by atoms with Crippen LogP contribution in [0.15, 0.2) is 24.3 Å². The van der Waals surface area contributed by atoms with Crippen molar-refractivity contribution in [2.75, 3.05) is 6.54 Å². The van der Waals surface area contributed by atoms with Crippen LogP contribution < -0.4 is 5.32 Å². The summed E-state index contributed by atoms with van der Waals surface area (Å²) >= 11 is 0. The number of nitrogens with zero attached hydrogens (tertiary/aromatic N) is 1. The van der Waals surface area contributed by atoms with Crippen LogP contribution in [0.25, 0.3) is 11.3 Å². The van der Waals surface area contributed by atoms with Crippen LogP contribution in [0.1, 0.15) is 18.2 Å². The van der Waals surface area contributed by atoms with Gasteiger partial charge in [0.05, 0.1) is 5.69 Å². The molecule has 2 rings (SSSR count). The molecule has 0 spiro atoms. The molecule has 0 amide bonds. The maximum atomic E-state index is 13.7. The normalized spacial score (nSPS) is 10.8. The molecule has 4 heteroatoms. The van der Waals surface area contributed by atoms with Gasteiger partial charge in [0.1, 0.15) is 5.82 Å². The summed E-state index contributed by atoms with van der Waals surface area (Å²) in [5, 5.41) is 10.3. The van der Waals surface area contributed by atoms with Gasteiger partial charge in [-0.05, 0) is 25.6 Å². The minimum Gasteiger partial charge on any atom is -0.313 e. The summed E-state index contributed by atoms with van der Waals surface area (Å²) in [4.78, 5) is 0. The molecule has 1 aromatic heterocycles. The zero-order valence-corrected chi connectivity index (χ0v) is 10.0. The van der Waals surface area contributed by atoms with Crippen molar-refractivity contribution >= 4 is 0 Å². The van der Waals surface area contributed by atoms with E-state index in [0.29, 0.717) is 17.8 Å². The van der Waals surface area contributed by atoms with E-state index >= 15 is 0 Å². The first-order chi connectivity index (χ1) is 8.24. The van der Waals surface area contributed by atoms with Crippen LogP contribution >= 0.6 is 0 Å². The van der Waals surface area contributed by atoms with E-state index in [1.165, 1.54) is 6.07 Å². The molecule has 2 aromatic rings. The Morgan fingerprint density at radius 1 is 1.35 bits per heavy atom. The van der Waals surface area contributed by atoms with Crippen LogP contribution in [0, 0.1) is 12.7 Å². The van der Waals surface area contributed by atoms with Crippen LogP contribution in [0.3, 0.4) is 0 Å². The quantitative estimate of drug-likeness (QED) is 0.852. The van der Waals surface area contributed by atoms with Gasteiger partial charge in [0.2, 0.25) is 0 Å². The number of rotatable bonds is 4. The van der Waals surface area contributed by atoms with Gasteiger partial charge >= 0.3 is 0 Å². The molecule has 1 aromatic carbocycles. The molecule has 1 heterocycles. The first-order valence-electron chi connectivity index (χ1n) is 5.73.